The molecule has 1 aliphatic heterocycles. The quantitative estimate of drug-likeness (QED) is 0.848. The molecular formula is C12H17N3O2S. The highest BCUT2D eigenvalue weighted by Crippen LogP contribution is 2.23. The van der Waals surface area contributed by atoms with Gasteiger partial charge in [0.15, 0.2) is 0 Å². The van der Waals surface area contributed by atoms with Gasteiger partial charge in [-0.25, -0.2) is 8.42 Å². The molecule has 1 unspecified atom stereocenters. The van der Waals surface area contributed by atoms with Gasteiger partial charge in [-0.1, -0.05) is 19.1 Å². The van der Waals surface area contributed by atoms with Gasteiger partial charge in [0.2, 0.25) is 0 Å². The van der Waals surface area contributed by atoms with E-state index in [1.165, 1.54) is 0 Å². The van der Waals surface area contributed by atoms with E-state index in [4.69, 9.17) is 5.73 Å². The Bertz CT molecular complexity index is 566. The zero-order chi connectivity index (χ0) is 13.2. The molecule has 1 aromatic rings. The topological polar surface area (TPSA) is 84.5 Å². The van der Waals surface area contributed by atoms with E-state index in [2.05, 4.69) is 9.71 Å². The SMILES string of the molecule is CCC(CCN)N=C1NS(=O)(=O)c2ccccc21. The third kappa shape index (κ3) is 2.39. The van der Waals surface area contributed by atoms with Crippen molar-refractivity contribution in [2.45, 2.75) is 30.7 Å². The fraction of sp³-hybridized carbons (Fsp3) is 0.417. The molecule has 1 aliphatic rings. The van der Waals surface area contributed by atoms with Crippen molar-refractivity contribution >= 4 is 15.9 Å². The van der Waals surface area contributed by atoms with Gasteiger partial charge in [0.1, 0.15) is 5.84 Å². The maximum absolute atomic E-state index is 11.9. The number of nitrogens with two attached hydrogens (primary N) is 1. The number of hydrogen-bond acceptors (Lipinski definition) is 4. The number of benzene rings is 1. The van der Waals surface area contributed by atoms with Gasteiger partial charge in [-0.15, -0.1) is 0 Å². The molecule has 0 aliphatic carbocycles. The maximum atomic E-state index is 11.9. The molecule has 0 saturated heterocycles. The fourth-order valence-corrected chi connectivity index (χ4v) is 3.20. The average Bonchev–Trinajstić information content (AvgIpc) is 2.61. The Labute approximate surface area is 107 Å². The van der Waals surface area contributed by atoms with Crippen molar-refractivity contribution in [3.8, 4) is 0 Å². The molecule has 0 amide bonds. The van der Waals surface area contributed by atoms with Crippen LogP contribution < -0.4 is 10.5 Å². The summed E-state index contributed by atoms with van der Waals surface area (Å²) in [5.41, 5.74) is 6.17. The second-order valence-corrected chi connectivity index (χ2v) is 5.87. The number of fused-ring (bicyclic) bond motifs is 1. The Morgan fingerprint density at radius 2 is 2.11 bits per heavy atom. The molecule has 1 atom stereocenters. The number of amidine groups is 1. The van der Waals surface area contributed by atoms with Crippen LogP contribution in [-0.4, -0.2) is 26.8 Å². The van der Waals surface area contributed by atoms with Crippen molar-refractivity contribution in [3.63, 3.8) is 0 Å². The normalized spacial score (nSPS) is 20.4. The first-order valence-electron chi connectivity index (χ1n) is 5.98. The summed E-state index contributed by atoms with van der Waals surface area (Å²) in [4.78, 5) is 4.76. The van der Waals surface area contributed by atoms with Gasteiger partial charge in [0.25, 0.3) is 10.0 Å². The van der Waals surface area contributed by atoms with E-state index in [0.29, 0.717) is 22.8 Å². The molecular weight excluding hydrogens is 250 g/mol. The van der Waals surface area contributed by atoms with Crippen LogP contribution in [0.1, 0.15) is 25.3 Å². The molecule has 1 heterocycles. The Kier molecular flexibility index (Phi) is 3.68. The summed E-state index contributed by atoms with van der Waals surface area (Å²) in [7, 11) is -3.44. The largest absolute Gasteiger partial charge is 0.330 e. The summed E-state index contributed by atoms with van der Waals surface area (Å²) >= 11 is 0. The van der Waals surface area contributed by atoms with E-state index in [9.17, 15) is 8.42 Å². The van der Waals surface area contributed by atoms with Crippen LogP contribution >= 0.6 is 0 Å². The summed E-state index contributed by atoms with van der Waals surface area (Å²) in [6.07, 6.45) is 1.59. The molecule has 0 radical (unpaired) electrons. The minimum Gasteiger partial charge on any atom is -0.330 e. The smallest absolute Gasteiger partial charge is 0.263 e. The van der Waals surface area contributed by atoms with Gasteiger partial charge in [0.05, 0.1) is 10.9 Å². The molecule has 0 bridgehead atoms. The van der Waals surface area contributed by atoms with Crippen LogP contribution in [0.2, 0.25) is 0 Å². The summed E-state index contributed by atoms with van der Waals surface area (Å²) < 4.78 is 26.2. The number of nitrogens with zero attached hydrogens (tertiary/aromatic N) is 1. The second-order valence-electron chi connectivity index (χ2n) is 4.22. The lowest BCUT2D eigenvalue weighted by atomic mass is 10.1. The number of rotatable bonds is 4. The van der Waals surface area contributed by atoms with Gasteiger partial charge in [0, 0.05) is 5.56 Å². The predicted molar refractivity (Wildman–Crippen MR) is 71.1 cm³/mol. The molecule has 0 spiro atoms. The third-order valence-corrected chi connectivity index (χ3v) is 4.34. The summed E-state index contributed by atoms with van der Waals surface area (Å²) in [6.45, 7) is 2.56. The molecule has 6 heteroatoms. The first kappa shape index (κ1) is 13.0. The zero-order valence-corrected chi connectivity index (χ0v) is 11.1. The minimum atomic E-state index is -3.44. The molecule has 5 nitrogen and oxygen atoms in total. The van der Waals surface area contributed by atoms with Gasteiger partial charge in [-0.05, 0) is 31.5 Å². The lowest BCUT2D eigenvalue weighted by Crippen LogP contribution is -2.24. The molecule has 0 saturated carbocycles. The highest BCUT2D eigenvalue weighted by Gasteiger charge is 2.30. The van der Waals surface area contributed by atoms with E-state index in [1.807, 2.05) is 6.92 Å². The van der Waals surface area contributed by atoms with Crippen LogP contribution in [0.25, 0.3) is 0 Å². The van der Waals surface area contributed by atoms with Gasteiger partial charge in [-0.2, -0.15) is 0 Å². The maximum Gasteiger partial charge on any atom is 0.263 e. The van der Waals surface area contributed by atoms with E-state index in [0.717, 1.165) is 12.8 Å². The minimum absolute atomic E-state index is 0.0545. The van der Waals surface area contributed by atoms with Gasteiger partial charge < -0.3 is 5.73 Å². The van der Waals surface area contributed by atoms with E-state index < -0.39 is 10.0 Å². The number of nitrogens with one attached hydrogen (secondary N) is 1. The van der Waals surface area contributed by atoms with Crippen molar-refractivity contribution in [1.29, 1.82) is 0 Å². The lowest BCUT2D eigenvalue weighted by Gasteiger charge is -2.09. The molecule has 0 aromatic heterocycles. The summed E-state index contributed by atoms with van der Waals surface area (Å²) in [5.74, 6) is 0.436. The molecule has 98 valence electrons. The number of aliphatic imine (C=N–C) groups is 1. The molecule has 1 aromatic carbocycles. The van der Waals surface area contributed by atoms with Gasteiger partial charge in [-0.3, -0.25) is 9.71 Å². The van der Waals surface area contributed by atoms with Crippen molar-refractivity contribution in [2.75, 3.05) is 6.54 Å². The third-order valence-electron chi connectivity index (χ3n) is 2.95. The van der Waals surface area contributed by atoms with Crippen LogP contribution in [-0.2, 0) is 10.0 Å². The van der Waals surface area contributed by atoms with E-state index >= 15 is 0 Å². The summed E-state index contributed by atoms with van der Waals surface area (Å²) in [5, 5.41) is 0. The lowest BCUT2D eigenvalue weighted by molar-refractivity contribution is 0.593. The van der Waals surface area contributed by atoms with Crippen molar-refractivity contribution in [1.82, 2.24) is 4.72 Å². The highest BCUT2D eigenvalue weighted by atomic mass is 32.2. The van der Waals surface area contributed by atoms with E-state index in [-0.39, 0.29) is 6.04 Å². The fourth-order valence-electron chi connectivity index (χ4n) is 1.96. The Balaban J connectivity index is 2.41. The molecule has 0 fully saturated rings. The zero-order valence-electron chi connectivity index (χ0n) is 10.3. The van der Waals surface area contributed by atoms with Crippen molar-refractivity contribution in [2.24, 2.45) is 10.7 Å². The Morgan fingerprint density at radius 3 is 2.78 bits per heavy atom. The number of hydrogen-bond donors (Lipinski definition) is 2. The van der Waals surface area contributed by atoms with Crippen LogP contribution in [0, 0.1) is 0 Å². The average molecular weight is 267 g/mol. The number of sulfonamides is 1. The van der Waals surface area contributed by atoms with Crippen LogP contribution in [0.4, 0.5) is 0 Å². The summed E-state index contributed by atoms with van der Waals surface area (Å²) in [6, 6.07) is 6.92. The Morgan fingerprint density at radius 1 is 1.39 bits per heavy atom. The van der Waals surface area contributed by atoms with Crippen molar-refractivity contribution in [3.05, 3.63) is 29.8 Å². The first-order valence-corrected chi connectivity index (χ1v) is 7.47. The standard InChI is InChI=1S/C12H17N3O2S/c1-2-9(7-8-13)14-12-10-5-3-4-6-11(10)18(16,17)15-12/h3-6,9H,2,7-8,13H2,1H3,(H,14,15). The van der Waals surface area contributed by atoms with Crippen LogP contribution in [0.5, 0.6) is 0 Å². The second kappa shape index (κ2) is 5.07. The van der Waals surface area contributed by atoms with Gasteiger partial charge >= 0.3 is 0 Å². The molecule has 18 heavy (non-hydrogen) atoms. The highest BCUT2D eigenvalue weighted by molar-refractivity contribution is 7.90. The van der Waals surface area contributed by atoms with E-state index in [1.54, 1.807) is 24.3 Å². The van der Waals surface area contributed by atoms with Crippen LogP contribution in [0.3, 0.4) is 0 Å². The molecule has 2 rings (SSSR count). The first-order chi connectivity index (χ1) is 8.58. The predicted octanol–water partition coefficient (Wildman–Crippen LogP) is 0.852. The molecule has 3 N–H and O–H groups in total. The van der Waals surface area contributed by atoms with Crippen LogP contribution in [0.15, 0.2) is 34.2 Å². The Hall–Kier alpha value is -1.40. The monoisotopic (exact) mass is 267 g/mol. The van der Waals surface area contributed by atoms with Crippen molar-refractivity contribution < 1.29 is 8.42 Å².